The maximum absolute atomic E-state index is 5.55. The minimum Gasteiger partial charge on any atom is -0.380 e. The fraction of sp³-hybridized carbons (Fsp3) is 0.769. The summed E-state index contributed by atoms with van der Waals surface area (Å²) in [6.07, 6.45) is 4.25. The predicted molar refractivity (Wildman–Crippen MR) is 72.8 cm³/mol. The van der Waals surface area contributed by atoms with Gasteiger partial charge in [0, 0.05) is 39.8 Å². The summed E-state index contributed by atoms with van der Waals surface area (Å²) in [6, 6.07) is 0. The molecule has 0 spiro atoms. The standard InChI is InChI=1S/C13H24N4O/c1-13(6-5-7-18-10-13)15-9-11-8-14-12(16(2)3)17(11)4/h8,15H,5-7,9-10H2,1-4H3. The zero-order valence-corrected chi connectivity index (χ0v) is 11.9. The van der Waals surface area contributed by atoms with E-state index in [4.69, 9.17) is 4.74 Å². The molecule has 5 heteroatoms. The van der Waals surface area contributed by atoms with Gasteiger partial charge in [0.2, 0.25) is 5.95 Å². The van der Waals surface area contributed by atoms with Gasteiger partial charge in [-0.15, -0.1) is 0 Å². The van der Waals surface area contributed by atoms with Gasteiger partial charge >= 0.3 is 0 Å². The molecule has 1 fully saturated rings. The average molecular weight is 252 g/mol. The first-order valence-corrected chi connectivity index (χ1v) is 6.52. The van der Waals surface area contributed by atoms with Gasteiger partial charge in [-0.05, 0) is 19.8 Å². The van der Waals surface area contributed by atoms with E-state index >= 15 is 0 Å². The number of hydrogen-bond donors (Lipinski definition) is 1. The lowest BCUT2D eigenvalue weighted by Gasteiger charge is -2.34. The number of nitrogens with one attached hydrogen (secondary N) is 1. The summed E-state index contributed by atoms with van der Waals surface area (Å²) in [4.78, 5) is 6.44. The first-order chi connectivity index (χ1) is 8.52. The van der Waals surface area contributed by atoms with E-state index in [0.717, 1.165) is 32.1 Å². The molecule has 0 saturated carbocycles. The number of rotatable bonds is 4. The molecular formula is C13H24N4O. The van der Waals surface area contributed by atoms with Gasteiger partial charge in [0.1, 0.15) is 0 Å². The summed E-state index contributed by atoms with van der Waals surface area (Å²) in [7, 11) is 6.07. The summed E-state index contributed by atoms with van der Waals surface area (Å²) in [5.74, 6) is 0.983. The maximum atomic E-state index is 5.55. The summed E-state index contributed by atoms with van der Waals surface area (Å²) in [5.41, 5.74) is 1.30. The zero-order valence-electron chi connectivity index (χ0n) is 11.9. The molecule has 1 N–H and O–H groups in total. The van der Waals surface area contributed by atoms with E-state index in [0.29, 0.717) is 0 Å². The minimum atomic E-state index is 0.0980. The van der Waals surface area contributed by atoms with Crippen LogP contribution in [0.3, 0.4) is 0 Å². The van der Waals surface area contributed by atoms with Crippen LogP contribution >= 0.6 is 0 Å². The minimum absolute atomic E-state index is 0.0980. The second-order valence-electron chi connectivity index (χ2n) is 5.57. The molecule has 1 aliphatic heterocycles. The third-order valence-corrected chi connectivity index (χ3v) is 3.59. The van der Waals surface area contributed by atoms with Crippen molar-refractivity contribution in [3.63, 3.8) is 0 Å². The van der Waals surface area contributed by atoms with Crippen LogP contribution in [-0.4, -0.2) is 42.4 Å². The molecule has 5 nitrogen and oxygen atoms in total. The molecular weight excluding hydrogens is 228 g/mol. The molecule has 102 valence electrons. The molecule has 0 aromatic carbocycles. The smallest absolute Gasteiger partial charge is 0.204 e. The van der Waals surface area contributed by atoms with Gasteiger partial charge in [0.25, 0.3) is 0 Å². The number of aromatic nitrogens is 2. The van der Waals surface area contributed by atoms with Gasteiger partial charge in [-0.2, -0.15) is 0 Å². The Labute approximate surface area is 109 Å². The normalized spacial score (nSPS) is 24.2. The number of ether oxygens (including phenoxy) is 1. The lowest BCUT2D eigenvalue weighted by atomic mass is 9.95. The van der Waals surface area contributed by atoms with Crippen molar-refractivity contribution >= 4 is 5.95 Å². The lowest BCUT2D eigenvalue weighted by molar-refractivity contribution is 0.0275. The Bertz CT molecular complexity index is 394. The van der Waals surface area contributed by atoms with E-state index in [2.05, 4.69) is 28.8 Å². The highest BCUT2D eigenvalue weighted by molar-refractivity contribution is 5.30. The molecule has 0 amide bonds. The molecule has 1 atom stereocenters. The summed E-state index contributed by atoms with van der Waals surface area (Å²) in [5, 5.41) is 3.60. The number of hydrogen-bond acceptors (Lipinski definition) is 4. The highest BCUT2D eigenvalue weighted by atomic mass is 16.5. The van der Waals surface area contributed by atoms with Crippen LogP contribution in [0.25, 0.3) is 0 Å². The van der Waals surface area contributed by atoms with E-state index < -0.39 is 0 Å². The van der Waals surface area contributed by atoms with Crippen molar-refractivity contribution in [1.82, 2.24) is 14.9 Å². The molecule has 1 aromatic rings. The Kier molecular flexibility index (Phi) is 3.92. The predicted octanol–water partition coefficient (Wildman–Crippen LogP) is 1.14. The molecule has 0 bridgehead atoms. The van der Waals surface area contributed by atoms with E-state index in [-0.39, 0.29) is 5.54 Å². The molecule has 1 unspecified atom stereocenters. The molecule has 2 rings (SSSR count). The van der Waals surface area contributed by atoms with E-state index in [1.807, 2.05) is 25.2 Å². The van der Waals surface area contributed by atoms with Crippen LogP contribution in [0.2, 0.25) is 0 Å². The van der Waals surface area contributed by atoms with Gasteiger partial charge in [0.05, 0.1) is 18.5 Å². The van der Waals surface area contributed by atoms with Crippen molar-refractivity contribution in [3.8, 4) is 0 Å². The Morgan fingerprint density at radius 3 is 2.89 bits per heavy atom. The van der Waals surface area contributed by atoms with Gasteiger partial charge in [-0.1, -0.05) is 0 Å². The first-order valence-electron chi connectivity index (χ1n) is 6.52. The van der Waals surface area contributed by atoms with Crippen LogP contribution < -0.4 is 10.2 Å². The molecule has 2 heterocycles. The molecule has 0 radical (unpaired) electrons. The Morgan fingerprint density at radius 1 is 1.56 bits per heavy atom. The van der Waals surface area contributed by atoms with Crippen LogP contribution in [0.1, 0.15) is 25.5 Å². The third kappa shape index (κ3) is 2.84. The van der Waals surface area contributed by atoms with Crippen molar-refractivity contribution in [1.29, 1.82) is 0 Å². The van der Waals surface area contributed by atoms with Crippen molar-refractivity contribution in [2.24, 2.45) is 7.05 Å². The summed E-state index contributed by atoms with van der Waals surface area (Å²) in [6.45, 7) is 4.76. The first kappa shape index (κ1) is 13.4. The highest BCUT2D eigenvalue weighted by Crippen LogP contribution is 2.19. The SMILES string of the molecule is CN(C)c1ncc(CNC2(C)CCCOC2)n1C. The fourth-order valence-electron chi connectivity index (χ4n) is 2.39. The molecule has 1 aromatic heterocycles. The molecule has 0 aliphatic carbocycles. The second kappa shape index (κ2) is 5.28. The highest BCUT2D eigenvalue weighted by Gasteiger charge is 2.27. The number of imidazole rings is 1. The maximum Gasteiger partial charge on any atom is 0.204 e. The van der Waals surface area contributed by atoms with Crippen LogP contribution in [0.5, 0.6) is 0 Å². The van der Waals surface area contributed by atoms with Crippen molar-refractivity contribution in [2.45, 2.75) is 31.8 Å². The van der Waals surface area contributed by atoms with Crippen molar-refractivity contribution < 1.29 is 4.74 Å². The van der Waals surface area contributed by atoms with Gasteiger partial charge in [-0.3, -0.25) is 0 Å². The fourth-order valence-corrected chi connectivity index (χ4v) is 2.39. The van der Waals surface area contributed by atoms with Crippen molar-refractivity contribution in [2.75, 3.05) is 32.2 Å². The molecule has 1 saturated heterocycles. The monoisotopic (exact) mass is 252 g/mol. The van der Waals surface area contributed by atoms with E-state index in [1.165, 1.54) is 12.1 Å². The van der Waals surface area contributed by atoms with Crippen LogP contribution in [-0.2, 0) is 18.3 Å². The van der Waals surface area contributed by atoms with Gasteiger partial charge in [0.15, 0.2) is 0 Å². The third-order valence-electron chi connectivity index (χ3n) is 3.59. The van der Waals surface area contributed by atoms with Crippen LogP contribution in [0.15, 0.2) is 6.20 Å². The molecule has 18 heavy (non-hydrogen) atoms. The summed E-state index contributed by atoms with van der Waals surface area (Å²) < 4.78 is 7.68. The lowest BCUT2D eigenvalue weighted by Crippen LogP contribution is -2.48. The van der Waals surface area contributed by atoms with E-state index in [1.54, 1.807) is 0 Å². The van der Waals surface area contributed by atoms with Crippen LogP contribution in [0.4, 0.5) is 5.95 Å². The Balaban J connectivity index is 1.97. The van der Waals surface area contributed by atoms with Crippen LogP contribution in [0, 0.1) is 0 Å². The van der Waals surface area contributed by atoms with Gasteiger partial charge in [-0.25, -0.2) is 4.98 Å². The number of nitrogens with zero attached hydrogens (tertiary/aromatic N) is 3. The largest absolute Gasteiger partial charge is 0.380 e. The topological polar surface area (TPSA) is 42.3 Å². The Morgan fingerprint density at radius 2 is 2.33 bits per heavy atom. The quantitative estimate of drug-likeness (QED) is 0.873. The zero-order chi connectivity index (χ0) is 13.2. The number of anilines is 1. The molecule has 1 aliphatic rings. The van der Waals surface area contributed by atoms with Crippen molar-refractivity contribution in [3.05, 3.63) is 11.9 Å². The second-order valence-corrected chi connectivity index (χ2v) is 5.57. The summed E-state index contributed by atoms with van der Waals surface area (Å²) >= 11 is 0. The average Bonchev–Trinajstić information content (AvgIpc) is 2.69. The Hall–Kier alpha value is -1.07. The van der Waals surface area contributed by atoms with Gasteiger partial charge < -0.3 is 19.5 Å². The van der Waals surface area contributed by atoms with E-state index in [9.17, 15) is 0 Å².